The molecule has 0 bridgehead atoms. The Kier molecular flexibility index (Phi) is 6.34. The van der Waals surface area contributed by atoms with Crippen molar-refractivity contribution in [2.24, 2.45) is 0 Å². The highest BCUT2D eigenvalue weighted by Gasteiger charge is 2.51. The van der Waals surface area contributed by atoms with Crippen LogP contribution in [0.4, 0.5) is 0 Å². The minimum Gasteiger partial charge on any atom is -0.467 e. The average Bonchev–Trinajstić information content (AvgIpc) is 2.23. The van der Waals surface area contributed by atoms with Crippen LogP contribution in [0.2, 0.25) is 0 Å². The molecule has 10 heteroatoms. The molecule has 0 aromatic rings. The van der Waals surface area contributed by atoms with E-state index in [0.717, 1.165) is 14.2 Å². The minimum absolute atomic E-state index is 0.806. The van der Waals surface area contributed by atoms with Gasteiger partial charge in [0.2, 0.25) is 11.8 Å². The Bertz CT molecular complexity index is 438. The summed E-state index contributed by atoms with van der Waals surface area (Å²) in [4.78, 5) is 23.3. The molecule has 19 heavy (non-hydrogen) atoms. The number of carbonyl (C=O) groups excluding carboxylic acids is 2. The van der Waals surface area contributed by atoms with Crippen molar-refractivity contribution >= 4 is 29.6 Å². The van der Waals surface area contributed by atoms with Crippen LogP contribution in [0.1, 0.15) is 0 Å². The average molecular weight is 317 g/mol. The first-order valence-electron chi connectivity index (χ1n) is 5.06. The predicted octanol–water partition coefficient (Wildman–Crippen LogP) is -0.204. The quantitative estimate of drug-likeness (QED) is 0.406. The molecule has 0 unspecified atom stereocenters. The molecule has 2 atom stereocenters. The summed E-state index contributed by atoms with van der Waals surface area (Å²) in [5, 5.41) is 0. The van der Waals surface area contributed by atoms with Crippen LogP contribution >= 0.6 is 7.26 Å². The molecule has 0 saturated carbocycles. The molecule has 0 aromatic heterocycles. The standard InChI is InChI=1S/C9H17O8PS/c1-15-8(10)6(17-19(12,13)14)7(9(11)16-2)18(3,4)5/h6-7H,1-5H3/p+1/t6-,7+/m1/s1. The first-order chi connectivity index (χ1) is 8.44. The minimum atomic E-state index is -4.92. The van der Waals surface area contributed by atoms with Gasteiger partial charge in [0.1, 0.15) is 0 Å². The Morgan fingerprint density at radius 1 is 1.05 bits per heavy atom. The van der Waals surface area contributed by atoms with Gasteiger partial charge in [-0.15, -0.1) is 0 Å². The maximum absolute atomic E-state index is 11.7. The molecule has 0 aliphatic carbocycles. The Morgan fingerprint density at radius 3 is 1.74 bits per heavy atom. The SMILES string of the molecule is COC(=O)[C@H]([C@@H](OS(=O)(=O)O)C(=O)OC)[P+](C)(C)C. The second-order valence-corrected chi connectivity index (χ2v) is 10.4. The van der Waals surface area contributed by atoms with Crippen LogP contribution < -0.4 is 0 Å². The first-order valence-corrected chi connectivity index (χ1v) is 9.63. The number of methoxy groups -OCH3 is 2. The molecule has 0 saturated heterocycles. The van der Waals surface area contributed by atoms with Crippen molar-refractivity contribution in [3.8, 4) is 0 Å². The molecule has 112 valence electrons. The van der Waals surface area contributed by atoms with Gasteiger partial charge in [-0.2, -0.15) is 8.42 Å². The normalized spacial score (nSPS) is 15.5. The van der Waals surface area contributed by atoms with E-state index in [0.29, 0.717) is 0 Å². The molecule has 0 aliphatic rings. The van der Waals surface area contributed by atoms with E-state index in [1.807, 2.05) is 0 Å². The zero-order chi connectivity index (χ0) is 15.4. The summed E-state index contributed by atoms with van der Waals surface area (Å²) in [6.07, 6.45) is -1.78. The first kappa shape index (κ1) is 18.2. The zero-order valence-corrected chi connectivity index (χ0v) is 13.0. The van der Waals surface area contributed by atoms with Gasteiger partial charge in [-0.25, -0.2) is 13.8 Å². The van der Waals surface area contributed by atoms with Gasteiger partial charge >= 0.3 is 22.3 Å². The Labute approximate surface area is 112 Å². The Morgan fingerprint density at radius 2 is 1.47 bits per heavy atom. The smallest absolute Gasteiger partial charge is 0.398 e. The molecule has 0 fully saturated rings. The van der Waals surface area contributed by atoms with Gasteiger partial charge in [0, 0.05) is 27.3 Å². The lowest BCUT2D eigenvalue weighted by molar-refractivity contribution is -0.154. The maximum Gasteiger partial charge on any atom is 0.398 e. The summed E-state index contributed by atoms with van der Waals surface area (Å²) in [7, 11) is -4.88. The van der Waals surface area contributed by atoms with E-state index in [9.17, 15) is 18.0 Å². The highest BCUT2D eigenvalue weighted by molar-refractivity contribution is 7.81. The molecule has 0 rings (SSSR count). The fourth-order valence-electron chi connectivity index (χ4n) is 1.43. The van der Waals surface area contributed by atoms with Crippen molar-refractivity contribution in [2.75, 3.05) is 34.2 Å². The van der Waals surface area contributed by atoms with Crippen LogP contribution in [0.5, 0.6) is 0 Å². The van der Waals surface area contributed by atoms with Crippen molar-refractivity contribution in [3.63, 3.8) is 0 Å². The third kappa shape index (κ3) is 5.82. The van der Waals surface area contributed by atoms with Gasteiger partial charge in [0.05, 0.1) is 14.2 Å². The highest BCUT2D eigenvalue weighted by atomic mass is 32.3. The van der Waals surface area contributed by atoms with E-state index in [2.05, 4.69) is 13.7 Å². The van der Waals surface area contributed by atoms with Gasteiger partial charge in [0.25, 0.3) is 0 Å². The van der Waals surface area contributed by atoms with Crippen molar-refractivity contribution in [2.45, 2.75) is 11.8 Å². The van der Waals surface area contributed by atoms with E-state index in [4.69, 9.17) is 4.55 Å². The molecular formula is C9H18O8PS+. The lowest BCUT2D eigenvalue weighted by atomic mass is 10.2. The number of rotatable bonds is 6. The second-order valence-electron chi connectivity index (χ2n) is 4.55. The third-order valence-corrected chi connectivity index (χ3v) is 4.82. The van der Waals surface area contributed by atoms with Crippen molar-refractivity contribution < 1.29 is 36.2 Å². The van der Waals surface area contributed by atoms with Crippen molar-refractivity contribution in [1.29, 1.82) is 0 Å². The van der Waals surface area contributed by atoms with Gasteiger partial charge in [-0.3, -0.25) is 4.55 Å². The van der Waals surface area contributed by atoms with E-state index in [1.54, 1.807) is 20.0 Å². The summed E-state index contributed by atoms with van der Waals surface area (Å²) in [5.74, 6) is -1.89. The Balaban J connectivity index is 5.63. The predicted molar refractivity (Wildman–Crippen MR) is 68.9 cm³/mol. The second kappa shape index (κ2) is 6.60. The zero-order valence-electron chi connectivity index (χ0n) is 11.3. The Hall–Kier alpha value is -0.760. The largest absolute Gasteiger partial charge is 0.467 e. The fraction of sp³-hybridized carbons (Fsp3) is 0.778. The van der Waals surface area contributed by atoms with Gasteiger partial charge in [-0.1, -0.05) is 0 Å². The van der Waals surface area contributed by atoms with Crippen LogP contribution in [0.25, 0.3) is 0 Å². The van der Waals surface area contributed by atoms with Crippen LogP contribution in [-0.2, 0) is 33.6 Å². The molecule has 0 amide bonds. The van der Waals surface area contributed by atoms with E-state index < -0.39 is 41.4 Å². The van der Waals surface area contributed by atoms with Crippen LogP contribution in [0, 0.1) is 0 Å². The van der Waals surface area contributed by atoms with Gasteiger partial charge in [0.15, 0.2) is 0 Å². The highest BCUT2D eigenvalue weighted by Crippen LogP contribution is 2.54. The van der Waals surface area contributed by atoms with Crippen LogP contribution in [0.15, 0.2) is 0 Å². The van der Waals surface area contributed by atoms with E-state index in [-0.39, 0.29) is 0 Å². The summed E-state index contributed by atoms with van der Waals surface area (Å²) in [6, 6.07) is 0. The van der Waals surface area contributed by atoms with E-state index in [1.165, 1.54) is 0 Å². The number of esters is 2. The number of hydrogen-bond donors (Lipinski definition) is 1. The fourth-order valence-corrected chi connectivity index (χ4v) is 3.70. The summed E-state index contributed by atoms with van der Waals surface area (Å²) < 4.78 is 43.5. The van der Waals surface area contributed by atoms with Gasteiger partial charge < -0.3 is 9.47 Å². The maximum atomic E-state index is 11.7. The van der Waals surface area contributed by atoms with Crippen LogP contribution in [-0.4, -0.2) is 70.9 Å². The summed E-state index contributed by atoms with van der Waals surface area (Å²) >= 11 is 0. The summed E-state index contributed by atoms with van der Waals surface area (Å²) in [5.41, 5.74) is -1.16. The molecular weight excluding hydrogens is 299 g/mol. The van der Waals surface area contributed by atoms with Crippen molar-refractivity contribution in [3.05, 3.63) is 0 Å². The lowest BCUT2D eigenvalue weighted by Gasteiger charge is -2.26. The molecule has 0 radical (unpaired) electrons. The van der Waals surface area contributed by atoms with E-state index >= 15 is 0 Å². The third-order valence-electron chi connectivity index (χ3n) is 2.22. The lowest BCUT2D eigenvalue weighted by Crippen LogP contribution is -2.45. The van der Waals surface area contributed by atoms with Gasteiger partial charge in [-0.05, 0) is 0 Å². The van der Waals surface area contributed by atoms with Crippen LogP contribution in [0.3, 0.4) is 0 Å². The summed E-state index contributed by atoms with van der Waals surface area (Å²) in [6.45, 7) is 5.08. The number of hydrogen-bond acceptors (Lipinski definition) is 7. The molecule has 8 nitrogen and oxygen atoms in total. The molecule has 0 aromatic carbocycles. The molecule has 0 spiro atoms. The number of ether oxygens (including phenoxy) is 2. The monoisotopic (exact) mass is 317 g/mol. The molecule has 1 N–H and O–H groups in total. The number of carbonyl (C=O) groups is 2. The van der Waals surface area contributed by atoms with Crippen molar-refractivity contribution in [1.82, 2.24) is 0 Å². The molecule has 0 heterocycles. The topological polar surface area (TPSA) is 116 Å². The molecule has 0 aliphatic heterocycles.